The molecule has 0 spiro atoms. The lowest BCUT2D eigenvalue weighted by atomic mass is 10.0. The second-order valence-corrected chi connectivity index (χ2v) is 11.6. The van der Waals surface area contributed by atoms with Crippen LogP contribution in [-0.4, -0.2) is 26.6 Å². The first kappa shape index (κ1) is 31.4. The monoisotopic (exact) mass is 612 g/mol. The van der Waals surface area contributed by atoms with Gasteiger partial charge in [-0.3, -0.25) is 18.7 Å². The minimum atomic E-state index is -0.755. The number of anilines is 2. The highest BCUT2D eigenvalue weighted by Gasteiger charge is 2.25. The molecule has 45 heavy (non-hydrogen) atoms. The number of hydrogen-bond donors (Lipinski definition) is 1. The summed E-state index contributed by atoms with van der Waals surface area (Å²) < 4.78 is 24.4. The number of methoxy groups -OCH3 is 1. The summed E-state index contributed by atoms with van der Waals surface area (Å²) in [7, 11) is 3.07. The second kappa shape index (κ2) is 12.9. The van der Waals surface area contributed by atoms with Gasteiger partial charge < -0.3 is 14.8 Å². The van der Waals surface area contributed by atoms with Crippen molar-refractivity contribution < 1.29 is 13.9 Å². The van der Waals surface area contributed by atoms with E-state index in [1.54, 1.807) is 33.9 Å². The van der Waals surface area contributed by atoms with Crippen molar-refractivity contribution in [3.05, 3.63) is 120 Å². The first-order chi connectivity index (χ1) is 21.5. The largest absolute Gasteiger partial charge is 0.501 e. The number of hydrogen-bond acceptors (Lipinski definition) is 6. The van der Waals surface area contributed by atoms with Gasteiger partial charge in [-0.1, -0.05) is 24.3 Å². The number of pyridine rings is 1. The number of carbonyl (C=O) groups excluding carboxylic acids is 1. The third-order valence-corrected chi connectivity index (χ3v) is 8.24. The summed E-state index contributed by atoms with van der Waals surface area (Å²) in [5.41, 5.74) is 1.75. The highest BCUT2D eigenvalue weighted by molar-refractivity contribution is 5.93. The van der Waals surface area contributed by atoms with E-state index in [1.165, 1.54) is 23.7 Å². The van der Waals surface area contributed by atoms with E-state index < -0.39 is 22.6 Å². The number of nitrogens with one attached hydrogen (secondary N) is 1. The normalized spacial score (nSPS) is 13.0. The maximum absolute atomic E-state index is 15.6. The molecule has 9 nitrogen and oxygen atoms in total. The number of benzene rings is 2. The fourth-order valence-corrected chi connectivity index (χ4v) is 5.78. The Kier molecular flexibility index (Phi) is 9.04. The summed E-state index contributed by atoms with van der Waals surface area (Å²) in [6, 6.07) is 12.0. The molecule has 0 amide bonds. The Labute approximate surface area is 259 Å². The lowest BCUT2D eigenvalue weighted by molar-refractivity contribution is -0.117. The quantitative estimate of drug-likeness (QED) is 0.253. The van der Waals surface area contributed by atoms with Crippen LogP contribution in [0.15, 0.2) is 80.3 Å². The molecule has 4 aromatic rings. The lowest BCUT2D eigenvalue weighted by Crippen LogP contribution is -2.42. The molecule has 0 bridgehead atoms. The van der Waals surface area contributed by atoms with Gasteiger partial charge in [0.2, 0.25) is 0 Å². The van der Waals surface area contributed by atoms with E-state index in [0.29, 0.717) is 43.4 Å². The number of Topliss-reactive ketones (excluding diaryl/α,β-unsaturated/α-hetero) is 1. The summed E-state index contributed by atoms with van der Waals surface area (Å²) >= 11 is 0. The molecule has 0 unspecified atom stereocenters. The molecule has 0 saturated heterocycles. The molecule has 0 atom stereocenters. The van der Waals surface area contributed by atoms with Crippen molar-refractivity contribution in [3.8, 4) is 5.69 Å². The van der Waals surface area contributed by atoms with Gasteiger partial charge in [0.15, 0.2) is 0 Å². The second-order valence-electron chi connectivity index (χ2n) is 11.6. The van der Waals surface area contributed by atoms with Gasteiger partial charge in [-0.25, -0.2) is 13.8 Å². The smallest absolute Gasteiger partial charge is 0.337 e. The fourth-order valence-electron chi connectivity index (χ4n) is 5.78. The Bertz CT molecular complexity index is 2070. The van der Waals surface area contributed by atoms with E-state index in [-0.39, 0.29) is 40.3 Å². The zero-order valence-electron chi connectivity index (χ0n) is 26.2. The van der Waals surface area contributed by atoms with E-state index in [2.05, 4.69) is 5.32 Å². The van der Waals surface area contributed by atoms with E-state index in [0.717, 1.165) is 26.0 Å². The van der Waals surface area contributed by atoms with Gasteiger partial charge in [-0.05, 0) is 87.1 Å². The zero-order chi connectivity index (χ0) is 32.4. The number of ketones is 1. The molecule has 2 aromatic heterocycles. The number of aromatic nitrogens is 3. The highest BCUT2D eigenvalue weighted by atomic mass is 19.1. The number of aryl methyl sites for hydroxylation is 3. The first-order valence-corrected chi connectivity index (χ1v) is 14.9. The molecule has 2 aromatic carbocycles. The van der Waals surface area contributed by atoms with Crippen molar-refractivity contribution in [1.29, 1.82) is 0 Å². The first-order valence-electron chi connectivity index (χ1n) is 14.9. The molecule has 0 radical (unpaired) electrons. The van der Waals surface area contributed by atoms with Crippen LogP contribution in [0.25, 0.3) is 16.7 Å². The SMILES string of the molecule is COC1=CC=C(Cn2c(=O)c3c(Nc4cccc(CCCC(C)=O)c4)c(C)c(=O)n(C)c3n(-c3ccc(C)cc3F)c2=O)CC1. The molecule has 0 saturated carbocycles. The van der Waals surface area contributed by atoms with Crippen LogP contribution in [0, 0.1) is 19.7 Å². The Morgan fingerprint density at radius 2 is 1.80 bits per heavy atom. The molecule has 0 aliphatic heterocycles. The van der Waals surface area contributed by atoms with E-state index in [9.17, 15) is 19.2 Å². The molecule has 1 aliphatic rings. The van der Waals surface area contributed by atoms with Crippen LogP contribution >= 0.6 is 0 Å². The molecule has 10 heteroatoms. The van der Waals surface area contributed by atoms with Crippen LogP contribution in [0.3, 0.4) is 0 Å². The van der Waals surface area contributed by atoms with Crippen LogP contribution in [0.4, 0.5) is 15.8 Å². The predicted octanol–water partition coefficient (Wildman–Crippen LogP) is 5.51. The number of allylic oxidation sites excluding steroid dienone is 4. The number of rotatable bonds is 10. The predicted molar refractivity (Wildman–Crippen MR) is 174 cm³/mol. The van der Waals surface area contributed by atoms with Crippen LogP contribution < -0.4 is 22.1 Å². The lowest BCUT2D eigenvalue weighted by Gasteiger charge is -2.22. The van der Waals surface area contributed by atoms with Gasteiger partial charge in [-0.2, -0.15) is 0 Å². The summed E-state index contributed by atoms with van der Waals surface area (Å²) in [5.74, 6) is 0.260. The van der Waals surface area contributed by atoms with Crippen molar-refractivity contribution in [3.63, 3.8) is 0 Å². The van der Waals surface area contributed by atoms with Crippen LogP contribution in [0.5, 0.6) is 0 Å². The standard InChI is InChI=1S/C35H37FN4O5/c1-21-12-17-29(28(36)18-21)40-32-30(34(43)39(35(40)44)20-25-13-15-27(45-5)16-14-25)31(23(3)33(42)38(32)4)37-26-11-7-10-24(19-26)9-6-8-22(2)41/h7,10-13,15,17-19,37H,6,8-9,14,16,20H2,1-5H3. The van der Waals surface area contributed by atoms with Crippen LogP contribution in [-0.2, 0) is 29.5 Å². The molecule has 0 fully saturated rings. The minimum absolute atomic E-state index is 0.0124. The molecular weight excluding hydrogens is 575 g/mol. The van der Waals surface area contributed by atoms with Gasteiger partial charge in [0.25, 0.3) is 11.1 Å². The van der Waals surface area contributed by atoms with Crippen molar-refractivity contribution >= 4 is 28.2 Å². The average Bonchev–Trinajstić information content (AvgIpc) is 3.01. The summed E-state index contributed by atoms with van der Waals surface area (Å²) in [6.45, 7) is 4.91. The third-order valence-electron chi connectivity index (χ3n) is 8.24. The van der Waals surface area contributed by atoms with E-state index in [1.807, 2.05) is 36.4 Å². The Morgan fingerprint density at radius 3 is 2.47 bits per heavy atom. The van der Waals surface area contributed by atoms with E-state index >= 15 is 4.39 Å². The van der Waals surface area contributed by atoms with Gasteiger partial charge in [-0.15, -0.1) is 0 Å². The number of nitrogens with zero attached hydrogens (tertiary/aromatic N) is 3. The van der Waals surface area contributed by atoms with Crippen molar-refractivity contribution in [2.24, 2.45) is 7.05 Å². The molecular formula is C35H37FN4O5. The van der Waals surface area contributed by atoms with Crippen molar-refractivity contribution in [2.75, 3.05) is 12.4 Å². The third kappa shape index (κ3) is 6.31. The van der Waals surface area contributed by atoms with Crippen molar-refractivity contribution in [1.82, 2.24) is 13.7 Å². The number of halogens is 1. The van der Waals surface area contributed by atoms with E-state index in [4.69, 9.17) is 4.74 Å². The Morgan fingerprint density at radius 1 is 1.02 bits per heavy atom. The number of carbonyl (C=O) groups is 1. The van der Waals surface area contributed by atoms with Gasteiger partial charge in [0.05, 0.1) is 30.8 Å². The summed E-state index contributed by atoms with van der Waals surface area (Å²) in [4.78, 5) is 53.6. The summed E-state index contributed by atoms with van der Waals surface area (Å²) in [5, 5.41) is 3.37. The summed E-state index contributed by atoms with van der Waals surface area (Å²) in [6.07, 6.45) is 6.69. The molecule has 1 N–H and O–H groups in total. The number of fused-ring (bicyclic) bond motifs is 1. The molecule has 5 rings (SSSR count). The average molecular weight is 613 g/mol. The molecule has 234 valence electrons. The highest BCUT2D eigenvalue weighted by Crippen LogP contribution is 2.28. The van der Waals surface area contributed by atoms with Gasteiger partial charge in [0.1, 0.15) is 22.6 Å². The van der Waals surface area contributed by atoms with Crippen LogP contribution in [0.2, 0.25) is 0 Å². The fraction of sp³-hybridized carbons (Fsp3) is 0.314. The molecule has 2 heterocycles. The Hall–Kier alpha value is -4.99. The maximum Gasteiger partial charge on any atom is 0.337 e. The van der Waals surface area contributed by atoms with Gasteiger partial charge >= 0.3 is 5.69 Å². The zero-order valence-corrected chi connectivity index (χ0v) is 26.2. The van der Waals surface area contributed by atoms with Crippen molar-refractivity contribution in [2.45, 2.75) is 59.4 Å². The Balaban J connectivity index is 1.78. The molecule has 1 aliphatic carbocycles. The van der Waals surface area contributed by atoms with Crippen LogP contribution in [0.1, 0.15) is 49.3 Å². The minimum Gasteiger partial charge on any atom is -0.501 e. The number of ether oxygens (including phenoxy) is 1. The topological polar surface area (TPSA) is 104 Å². The maximum atomic E-state index is 15.6. The van der Waals surface area contributed by atoms with Gasteiger partial charge in [0, 0.05) is 31.1 Å².